The molecular formula is C21H20ClNO3S. The van der Waals surface area contributed by atoms with Gasteiger partial charge in [-0.05, 0) is 42.3 Å². The average molecular weight is 402 g/mol. The van der Waals surface area contributed by atoms with Crippen LogP contribution >= 0.6 is 11.6 Å². The lowest BCUT2D eigenvalue weighted by atomic mass is 10.1. The van der Waals surface area contributed by atoms with Gasteiger partial charge < -0.3 is 9.73 Å². The Morgan fingerprint density at radius 1 is 0.963 bits per heavy atom. The van der Waals surface area contributed by atoms with Crippen LogP contribution in [0.2, 0.25) is 5.02 Å². The van der Waals surface area contributed by atoms with Gasteiger partial charge in [0.05, 0.1) is 5.75 Å². The van der Waals surface area contributed by atoms with E-state index in [-0.39, 0.29) is 17.4 Å². The van der Waals surface area contributed by atoms with E-state index in [4.69, 9.17) is 16.0 Å². The number of aryl methyl sites for hydroxylation is 1. The number of hydrogen-bond donors (Lipinski definition) is 1. The molecule has 0 aliphatic heterocycles. The maximum atomic E-state index is 12.3. The van der Waals surface area contributed by atoms with Crippen LogP contribution in [-0.4, -0.2) is 10.1 Å². The van der Waals surface area contributed by atoms with Gasteiger partial charge in [-0.1, -0.05) is 53.6 Å². The molecule has 1 heterocycles. The lowest BCUT2D eigenvalue weighted by molar-refractivity contribution is 0.0921. The number of nitrogens with one attached hydrogen (secondary N) is 1. The molecule has 0 saturated heterocycles. The first-order chi connectivity index (χ1) is 13.0. The van der Waals surface area contributed by atoms with E-state index in [0.29, 0.717) is 23.1 Å². The standard InChI is InChI=1S/C21H20ClNO3S/c1-15-2-4-16(5-3-15)12-23-21(24)20-11-10-19(26-20)14-27(25)13-17-6-8-18(22)9-7-17/h2-11H,12-14H2,1H3,(H,23,24). The third kappa shape index (κ3) is 5.81. The zero-order chi connectivity index (χ0) is 19.2. The maximum absolute atomic E-state index is 12.3. The molecule has 1 unspecified atom stereocenters. The Labute approximate surface area is 166 Å². The van der Waals surface area contributed by atoms with E-state index in [1.54, 1.807) is 24.3 Å². The monoisotopic (exact) mass is 401 g/mol. The summed E-state index contributed by atoms with van der Waals surface area (Å²) in [5.74, 6) is 1.13. The molecule has 1 amide bonds. The number of halogens is 1. The third-order valence-corrected chi connectivity index (χ3v) is 5.52. The fourth-order valence-corrected chi connectivity index (χ4v) is 3.79. The van der Waals surface area contributed by atoms with Crippen LogP contribution in [0, 0.1) is 6.92 Å². The lowest BCUT2D eigenvalue weighted by Crippen LogP contribution is -2.22. The molecule has 3 aromatic rings. The smallest absolute Gasteiger partial charge is 0.287 e. The van der Waals surface area contributed by atoms with Crippen LogP contribution in [0.4, 0.5) is 0 Å². The molecule has 2 aromatic carbocycles. The summed E-state index contributed by atoms with van der Waals surface area (Å²) in [6.45, 7) is 2.45. The van der Waals surface area contributed by atoms with Crippen molar-refractivity contribution in [3.8, 4) is 0 Å². The molecule has 0 aliphatic rings. The summed E-state index contributed by atoms with van der Waals surface area (Å²) in [4.78, 5) is 12.2. The van der Waals surface area contributed by atoms with Gasteiger partial charge >= 0.3 is 0 Å². The highest BCUT2D eigenvalue weighted by atomic mass is 35.5. The second-order valence-electron chi connectivity index (χ2n) is 6.29. The van der Waals surface area contributed by atoms with Crippen molar-refractivity contribution in [3.05, 3.63) is 93.9 Å². The lowest BCUT2D eigenvalue weighted by Gasteiger charge is -2.04. The summed E-state index contributed by atoms with van der Waals surface area (Å²) in [7, 11) is -1.13. The van der Waals surface area contributed by atoms with Crippen molar-refractivity contribution in [1.29, 1.82) is 0 Å². The first-order valence-electron chi connectivity index (χ1n) is 8.51. The number of carbonyl (C=O) groups is 1. The van der Waals surface area contributed by atoms with Crippen molar-refractivity contribution in [2.45, 2.75) is 25.0 Å². The van der Waals surface area contributed by atoms with Crippen LogP contribution in [0.25, 0.3) is 0 Å². The van der Waals surface area contributed by atoms with Gasteiger partial charge in [0, 0.05) is 28.1 Å². The number of rotatable bonds is 7. The van der Waals surface area contributed by atoms with E-state index < -0.39 is 10.8 Å². The molecule has 0 spiro atoms. The predicted molar refractivity (Wildman–Crippen MR) is 108 cm³/mol. The molecule has 0 bridgehead atoms. The molecular weight excluding hydrogens is 382 g/mol. The molecule has 27 heavy (non-hydrogen) atoms. The van der Waals surface area contributed by atoms with Gasteiger partial charge in [0.2, 0.25) is 0 Å². The first kappa shape index (κ1) is 19.4. The zero-order valence-electron chi connectivity index (χ0n) is 14.9. The van der Waals surface area contributed by atoms with Gasteiger partial charge in [-0.25, -0.2) is 0 Å². The second-order valence-corrected chi connectivity index (χ2v) is 8.18. The van der Waals surface area contributed by atoms with Crippen molar-refractivity contribution in [3.63, 3.8) is 0 Å². The molecule has 6 heteroatoms. The number of furan rings is 1. The van der Waals surface area contributed by atoms with Crippen LogP contribution < -0.4 is 5.32 Å². The van der Waals surface area contributed by atoms with Crippen LogP contribution in [0.3, 0.4) is 0 Å². The van der Waals surface area contributed by atoms with Crippen LogP contribution in [-0.2, 0) is 28.9 Å². The van der Waals surface area contributed by atoms with Gasteiger partial charge in [0.1, 0.15) is 5.76 Å². The van der Waals surface area contributed by atoms with E-state index in [9.17, 15) is 9.00 Å². The normalized spacial score (nSPS) is 11.9. The van der Waals surface area contributed by atoms with E-state index >= 15 is 0 Å². The molecule has 0 fully saturated rings. The van der Waals surface area contributed by atoms with Crippen molar-refractivity contribution in [1.82, 2.24) is 5.32 Å². The minimum Gasteiger partial charge on any atom is -0.455 e. The summed E-state index contributed by atoms with van der Waals surface area (Å²) in [5.41, 5.74) is 3.14. The van der Waals surface area contributed by atoms with Crippen molar-refractivity contribution < 1.29 is 13.4 Å². The molecule has 140 valence electrons. The Hall–Kier alpha value is -2.37. The topological polar surface area (TPSA) is 59.3 Å². The molecule has 3 rings (SSSR count). The van der Waals surface area contributed by atoms with Gasteiger partial charge in [-0.15, -0.1) is 0 Å². The van der Waals surface area contributed by atoms with E-state index in [1.807, 2.05) is 43.3 Å². The molecule has 0 saturated carbocycles. The zero-order valence-corrected chi connectivity index (χ0v) is 16.5. The Kier molecular flexibility index (Phi) is 6.48. The number of hydrogen-bond acceptors (Lipinski definition) is 3. The van der Waals surface area contributed by atoms with E-state index in [2.05, 4.69) is 5.32 Å². The Morgan fingerprint density at radius 3 is 2.33 bits per heavy atom. The quantitative estimate of drug-likeness (QED) is 0.628. The molecule has 4 nitrogen and oxygen atoms in total. The van der Waals surface area contributed by atoms with Crippen molar-refractivity contribution in [2.24, 2.45) is 0 Å². The molecule has 1 aromatic heterocycles. The minimum atomic E-state index is -1.13. The minimum absolute atomic E-state index is 0.223. The Balaban J connectivity index is 1.52. The summed E-state index contributed by atoms with van der Waals surface area (Å²) >= 11 is 5.85. The highest BCUT2D eigenvalue weighted by molar-refractivity contribution is 7.83. The number of carbonyl (C=O) groups excluding carboxylic acids is 1. The van der Waals surface area contributed by atoms with E-state index in [1.165, 1.54) is 5.56 Å². The Bertz CT molecular complexity index is 933. The summed E-state index contributed by atoms with van der Waals surface area (Å²) in [5, 5.41) is 3.48. The maximum Gasteiger partial charge on any atom is 0.287 e. The number of amides is 1. The van der Waals surface area contributed by atoms with Crippen molar-refractivity contribution >= 4 is 28.3 Å². The van der Waals surface area contributed by atoms with E-state index in [0.717, 1.165) is 11.1 Å². The third-order valence-electron chi connectivity index (χ3n) is 4.00. The van der Waals surface area contributed by atoms with Crippen LogP contribution in [0.1, 0.15) is 33.0 Å². The van der Waals surface area contributed by atoms with Gasteiger partial charge in [0.15, 0.2) is 5.76 Å². The SMILES string of the molecule is Cc1ccc(CNC(=O)c2ccc(CS(=O)Cc3ccc(Cl)cc3)o2)cc1. The Morgan fingerprint density at radius 2 is 1.63 bits per heavy atom. The first-order valence-corrected chi connectivity index (χ1v) is 10.4. The predicted octanol–water partition coefficient (Wildman–Crippen LogP) is 4.62. The van der Waals surface area contributed by atoms with Crippen molar-refractivity contribution in [2.75, 3.05) is 0 Å². The summed E-state index contributed by atoms with van der Waals surface area (Å²) < 4.78 is 17.9. The highest BCUT2D eigenvalue weighted by Crippen LogP contribution is 2.15. The molecule has 0 aliphatic carbocycles. The van der Waals surface area contributed by atoms with Gasteiger partial charge in [-0.2, -0.15) is 0 Å². The largest absolute Gasteiger partial charge is 0.455 e. The summed E-state index contributed by atoms with van der Waals surface area (Å²) in [6.07, 6.45) is 0. The molecule has 0 radical (unpaired) electrons. The van der Waals surface area contributed by atoms with Crippen LogP contribution in [0.5, 0.6) is 0 Å². The second kappa shape index (κ2) is 9.02. The van der Waals surface area contributed by atoms with Gasteiger partial charge in [0.25, 0.3) is 5.91 Å². The van der Waals surface area contributed by atoms with Gasteiger partial charge in [-0.3, -0.25) is 9.00 Å². The van der Waals surface area contributed by atoms with Crippen LogP contribution in [0.15, 0.2) is 65.1 Å². The fourth-order valence-electron chi connectivity index (χ4n) is 2.53. The number of benzene rings is 2. The summed E-state index contributed by atoms with van der Waals surface area (Å²) in [6, 6.07) is 18.5. The fraction of sp³-hybridized carbons (Fsp3) is 0.190. The average Bonchev–Trinajstić information content (AvgIpc) is 3.11. The highest BCUT2D eigenvalue weighted by Gasteiger charge is 2.13. The molecule has 1 N–H and O–H groups in total. The molecule has 1 atom stereocenters.